The van der Waals surface area contributed by atoms with Crippen LogP contribution >= 0.6 is 34.8 Å². The van der Waals surface area contributed by atoms with Crippen molar-refractivity contribution >= 4 is 57.5 Å². The van der Waals surface area contributed by atoms with Crippen LogP contribution in [0.2, 0.25) is 15.1 Å². The van der Waals surface area contributed by atoms with Crippen LogP contribution in [0, 0.1) is 17.5 Å². The third-order valence-corrected chi connectivity index (χ3v) is 14.5. The summed E-state index contributed by atoms with van der Waals surface area (Å²) in [5, 5.41) is 25.9. The van der Waals surface area contributed by atoms with Crippen LogP contribution in [0.5, 0.6) is 11.5 Å². The number of aromatic hydroxyl groups is 1. The van der Waals surface area contributed by atoms with Gasteiger partial charge in [0.1, 0.15) is 21.6 Å². The van der Waals surface area contributed by atoms with Crippen LogP contribution in [-0.2, 0) is 42.2 Å². The van der Waals surface area contributed by atoms with Crippen LogP contribution in [0.15, 0.2) is 158 Å². The number of benzene rings is 8. The molecule has 0 atom stereocenters. The first kappa shape index (κ1) is 69.0. The number of phenols is 1. The standard InChI is InChI=1S/C23H22ClF.C16H13ClF4O3S.C15H14ClFO.C8H11BO2.2CH4/c1-3-5-17-8-12-19(13-9-17)21-15-14-20(22(24)23(21)25)18-10-6-16(4-2)7-11-18;1-2-3-10-4-6-11(7-5-10)12-8-9-13(14(17)15(12)18)24-25(22,23)16(19,20)21;1-2-3-10-4-6-11(7-5-10)12-8-9-13(18)14(16)15(12)17;1-2-7-3-5-8(6-4-7)9(10)11;;/h6-15H,3-5H2,1-2H3;4-9H,2-3H2,1H3;4-9,18H,2-3H2,1H3;3-6,10-11H,2H2,1H3;2*1H4. The average molecular weight is 1200 g/mol. The Kier molecular flexibility index (Phi) is 27.6. The molecule has 81 heavy (non-hydrogen) atoms. The van der Waals surface area contributed by atoms with Crippen molar-refractivity contribution < 1.29 is 54.1 Å². The molecule has 0 unspecified atom stereocenters. The molecule has 0 bridgehead atoms. The lowest BCUT2D eigenvalue weighted by molar-refractivity contribution is -0.0500. The Bertz CT molecular complexity index is 3350. The van der Waals surface area contributed by atoms with Crippen molar-refractivity contribution in [2.45, 2.75) is 106 Å². The molecule has 0 aromatic heterocycles. The highest BCUT2D eigenvalue weighted by atomic mass is 35.5. The summed E-state index contributed by atoms with van der Waals surface area (Å²) in [6.07, 6.45) is 7.99. The number of hydrogen-bond acceptors (Lipinski definition) is 6. The molecular weight excluding hydrogens is 1130 g/mol. The SMILES string of the molecule is C.C.CCCc1ccc(-c2ccc(-c3ccc(CC)cc3)c(Cl)c2F)cc1.CCCc1ccc(-c2ccc(O)c(Cl)c2F)cc1.CCCc1ccc(-c2ccc(OS(=O)(=O)C(F)(F)F)c(Cl)c2F)cc1.CCc1ccc(B(O)O)cc1. The van der Waals surface area contributed by atoms with Crippen molar-refractivity contribution in [3.63, 3.8) is 0 Å². The molecule has 0 fully saturated rings. The first-order valence-electron chi connectivity index (χ1n) is 25.5. The van der Waals surface area contributed by atoms with Gasteiger partial charge >= 0.3 is 22.7 Å². The van der Waals surface area contributed by atoms with Gasteiger partial charge in [-0.3, -0.25) is 0 Å². The van der Waals surface area contributed by atoms with Gasteiger partial charge in [-0.1, -0.05) is 237 Å². The minimum Gasteiger partial charge on any atom is -0.506 e. The monoisotopic (exact) mass is 1190 g/mol. The fourth-order valence-corrected chi connectivity index (χ4v) is 9.16. The first-order valence-corrected chi connectivity index (χ1v) is 28.1. The number of alkyl halides is 3. The van der Waals surface area contributed by atoms with Gasteiger partial charge in [-0.25, -0.2) is 13.2 Å². The fourth-order valence-electron chi connectivity index (χ4n) is 8.01. The molecule has 0 amide bonds. The normalized spacial score (nSPS) is 10.8. The number of phenolic OH excluding ortho intramolecular Hbond substituents is 1. The zero-order chi connectivity index (χ0) is 58.0. The van der Waals surface area contributed by atoms with Crippen LogP contribution in [0.1, 0.15) is 96.6 Å². The minimum atomic E-state index is -5.93. The van der Waals surface area contributed by atoms with E-state index in [-0.39, 0.29) is 42.0 Å². The van der Waals surface area contributed by atoms with Crippen LogP contribution in [0.4, 0.5) is 26.3 Å². The molecule has 17 heteroatoms. The third-order valence-electron chi connectivity index (χ3n) is 12.4. The molecule has 0 heterocycles. The van der Waals surface area contributed by atoms with E-state index in [0.717, 1.165) is 91.3 Å². The maximum Gasteiger partial charge on any atom is 0.534 e. The Balaban J connectivity index is 0.000000292. The Labute approximate surface area is 489 Å². The van der Waals surface area contributed by atoms with Gasteiger partial charge in [0.05, 0.1) is 5.02 Å². The fraction of sp³-hybridized carbons (Fsp3) is 0.250. The summed E-state index contributed by atoms with van der Waals surface area (Å²) in [7, 11) is -7.28. The summed E-state index contributed by atoms with van der Waals surface area (Å²) in [4.78, 5) is 0. The molecule has 432 valence electrons. The highest BCUT2D eigenvalue weighted by Crippen LogP contribution is 2.39. The molecule has 8 aromatic rings. The number of aryl methyl sites for hydroxylation is 5. The van der Waals surface area contributed by atoms with Crippen molar-refractivity contribution in [1.82, 2.24) is 0 Å². The van der Waals surface area contributed by atoms with E-state index >= 15 is 0 Å². The highest BCUT2D eigenvalue weighted by Gasteiger charge is 2.49. The van der Waals surface area contributed by atoms with Gasteiger partial charge in [-0.05, 0) is 112 Å². The maximum absolute atomic E-state index is 14.9. The second-order valence-electron chi connectivity index (χ2n) is 18.1. The Morgan fingerprint density at radius 1 is 0.444 bits per heavy atom. The second-order valence-corrected chi connectivity index (χ2v) is 20.8. The third kappa shape index (κ3) is 18.9. The van der Waals surface area contributed by atoms with Crippen molar-refractivity contribution in [2.24, 2.45) is 0 Å². The Morgan fingerprint density at radius 3 is 1.11 bits per heavy atom. The van der Waals surface area contributed by atoms with Gasteiger partial charge in [-0.15, -0.1) is 0 Å². The molecule has 8 rings (SSSR count). The largest absolute Gasteiger partial charge is 0.534 e. The van der Waals surface area contributed by atoms with Crippen LogP contribution in [0.3, 0.4) is 0 Å². The summed E-state index contributed by atoms with van der Waals surface area (Å²) in [5.41, 5.74) is 5.60. The van der Waals surface area contributed by atoms with Crippen LogP contribution in [-0.4, -0.2) is 36.2 Å². The number of hydrogen-bond donors (Lipinski definition) is 3. The molecule has 0 radical (unpaired) electrons. The number of halogens is 9. The van der Waals surface area contributed by atoms with E-state index in [1.165, 1.54) is 34.4 Å². The minimum absolute atomic E-state index is 0. The van der Waals surface area contributed by atoms with Crippen LogP contribution in [0.25, 0.3) is 44.5 Å². The van der Waals surface area contributed by atoms with Crippen LogP contribution < -0.4 is 9.65 Å². The lowest BCUT2D eigenvalue weighted by Crippen LogP contribution is -2.29. The lowest BCUT2D eigenvalue weighted by atomic mass is 9.80. The number of rotatable bonds is 15. The zero-order valence-electron chi connectivity index (χ0n) is 44.1. The molecule has 0 aliphatic carbocycles. The topological polar surface area (TPSA) is 104 Å². The van der Waals surface area contributed by atoms with Gasteiger partial charge in [0, 0.05) is 22.3 Å². The lowest BCUT2D eigenvalue weighted by Gasteiger charge is -2.13. The molecule has 0 aliphatic heterocycles. The van der Waals surface area contributed by atoms with E-state index in [2.05, 4.69) is 56.1 Å². The van der Waals surface area contributed by atoms with Gasteiger partial charge in [0.25, 0.3) is 0 Å². The summed E-state index contributed by atoms with van der Waals surface area (Å²) in [6, 6.07) is 46.7. The molecule has 0 spiro atoms. The molecule has 8 aromatic carbocycles. The average Bonchev–Trinajstić information content (AvgIpc) is 3.53. The molecule has 0 saturated carbocycles. The Morgan fingerprint density at radius 2 is 0.753 bits per heavy atom. The molecular formula is C64H68BCl3F6O6S. The quantitative estimate of drug-likeness (QED) is 0.0409. The maximum atomic E-state index is 14.9. The van der Waals surface area contributed by atoms with Crippen molar-refractivity contribution in [1.29, 1.82) is 0 Å². The molecule has 6 nitrogen and oxygen atoms in total. The summed E-state index contributed by atoms with van der Waals surface area (Å²) in [6.45, 7) is 10.5. The zero-order valence-corrected chi connectivity index (χ0v) is 47.2. The van der Waals surface area contributed by atoms with Crippen molar-refractivity contribution in [3.8, 4) is 56.0 Å². The van der Waals surface area contributed by atoms with E-state index in [1.807, 2.05) is 79.7 Å². The van der Waals surface area contributed by atoms with Gasteiger partial charge in [0.15, 0.2) is 17.4 Å². The van der Waals surface area contributed by atoms with E-state index in [0.29, 0.717) is 22.2 Å². The summed E-state index contributed by atoms with van der Waals surface area (Å²) in [5.74, 6) is -3.18. The summed E-state index contributed by atoms with van der Waals surface area (Å²) < 4.78 is 106. The smallest absolute Gasteiger partial charge is 0.506 e. The van der Waals surface area contributed by atoms with Crippen molar-refractivity contribution in [2.75, 3.05) is 0 Å². The predicted molar refractivity (Wildman–Crippen MR) is 324 cm³/mol. The van der Waals surface area contributed by atoms with E-state index in [4.69, 9.17) is 44.9 Å². The van der Waals surface area contributed by atoms with E-state index < -0.39 is 45.2 Å². The molecule has 0 saturated heterocycles. The van der Waals surface area contributed by atoms with E-state index in [9.17, 15) is 39.9 Å². The molecule has 3 N–H and O–H groups in total. The molecule has 0 aliphatic rings. The van der Waals surface area contributed by atoms with Crippen molar-refractivity contribution in [3.05, 3.63) is 218 Å². The van der Waals surface area contributed by atoms with E-state index in [1.54, 1.807) is 36.4 Å². The van der Waals surface area contributed by atoms with Gasteiger partial charge in [-0.2, -0.15) is 21.6 Å². The second kappa shape index (κ2) is 32.4. The first-order chi connectivity index (χ1) is 37.6. The van der Waals surface area contributed by atoms with Gasteiger partial charge in [0.2, 0.25) is 0 Å². The predicted octanol–water partition coefficient (Wildman–Crippen LogP) is 18.7. The van der Waals surface area contributed by atoms with Gasteiger partial charge < -0.3 is 19.3 Å². The Hall–Kier alpha value is -6.26. The summed E-state index contributed by atoms with van der Waals surface area (Å²) >= 11 is 17.7. The highest BCUT2D eigenvalue weighted by molar-refractivity contribution is 7.88.